The Morgan fingerprint density at radius 1 is 1.31 bits per heavy atom. The number of carbonyl (C=O) groups is 1. The second kappa shape index (κ2) is 6.96. The summed E-state index contributed by atoms with van der Waals surface area (Å²) in [6.07, 6.45) is 5.24. The molecule has 1 aliphatic rings. The SMILES string of the molecule is Cc1c(Cl)cccc1NC(=O)Cn1cccc1-c1nnc(C2CCC2)o1. The van der Waals surface area contributed by atoms with Gasteiger partial charge < -0.3 is 14.3 Å². The minimum Gasteiger partial charge on any atom is -0.419 e. The van der Waals surface area contributed by atoms with Crippen LogP contribution in [0.1, 0.15) is 36.6 Å². The quantitative estimate of drug-likeness (QED) is 0.722. The van der Waals surface area contributed by atoms with Crippen LogP contribution in [-0.4, -0.2) is 20.7 Å². The third-order valence-corrected chi connectivity index (χ3v) is 5.21. The summed E-state index contributed by atoms with van der Waals surface area (Å²) in [5, 5.41) is 11.8. The number of aromatic nitrogens is 3. The Hall–Kier alpha value is -2.60. The van der Waals surface area contributed by atoms with E-state index < -0.39 is 0 Å². The highest BCUT2D eigenvalue weighted by Crippen LogP contribution is 2.36. The van der Waals surface area contributed by atoms with Crippen LogP contribution in [0.3, 0.4) is 0 Å². The predicted octanol–water partition coefficient (Wildman–Crippen LogP) is 4.41. The lowest BCUT2D eigenvalue weighted by Gasteiger charge is -2.20. The van der Waals surface area contributed by atoms with Crippen molar-refractivity contribution < 1.29 is 9.21 Å². The molecule has 6 nitrogen and oxygen atoms in total. The van der Waals surface area contributed by atoms with Gasteiger partial charge in [0.2, 0.25) is 11.8 Å². The molecule has 1 aliphatic carbocycles. The third kappa shape index (κ3) is 3.24. The van der Waals surface area contributed by atoms with Crippen LogP contribution in [0.2, 0.25) is 5.02 Å². The fourth-order valence-electron chi connectivity index (χ4n) is 2.99. The molecule has 0 aliphatic heterocycles. The van der Waals surface area contributed by atoms with Crippen molar-refractivity contribution in [3.63, 3.8) is 0 Å². The maximum atomic E-state index is 12.5. The molecular formula is C19H19ClN4O2. The molecule has 0 radical (unpaired) electrons. The van der Waals surface area contributed by atoms with Crippen molar-refractivity contribution in [3.8, 4) is 11.6 Å². The molecule has 1 amide bonds. The zero-order valence-electron chi connectivity index (χ0n) is 14.4. The highest BCUT2D eigenvalue weighted by atomic mass is 35.5. The van der Waals surface area contributed by atoms with Gasteiger partial charge in [0, 0.05) is 22.8 Å². The first-order valence-electron chi connectivity index (χ1n) is 8.65. The van der Waals surface area contributed by atoms with Crippen molar-refractivity contribution >= 4 is 23.2 Å². The van der Waals surface area contributed by atoms with E-state index in [1.54, 1.807) is 10.6 Å². The van der Waals surface area contributed by atoms with Crippen LogP contribution in [0.5, 0.6) is 0 Å². The highest BCUT2D eigenvalue weighted by Gasteiger charge is 2.26. The molecule has 1 N–H and O–H groups in total. The molecule has 26 heavy (non-hydrogen) atoms. The number of halogens is 1. The standard InChI is InChI=1S/C19H19ClN4O2/c1-12-14(20)7-3-8-15(12)21-17(25)11-24-10-4-9-16(24)19-23-22-18(26-19)13-5-2-6-13/h3-4,7-10,13H,2,5-6,11H2,1H3,(H,21,25). The number of hydrogen-bond donors (Lipinski definition) is 1. The molecule has 4 rings (SSSR count). The average Bonchev–Trinajstić information content (AvgIpc) is 3.19. The first kappa shape index (κ1) is 16.8. The number of nitrogens with zero attached hydrogens (tertiary/aromatic N) is 3. The molecule has 7 heteroatoms. The lowest BCUT2D eigenvalue weighted by atomic mass is 9.85. The Kier molecular flexibility index (Phi) is 4.51. The highest BCUT2D eigenvalue weighted by molar-refractivity contribution is 6.31. The van der Waals surface area contributed by atoms with Crippen LogP contribution >= 0.6 is 11.6 Å². The van der Waals surface area contributed by atoms with Crippen molar-refractivity contribution in [2.75, 3.05) is 5.32 Å². The smallest absolute Gasteiger partial charge is 0.264 e. The number of nitrogens with one attached hydrogen (secondary N) is 1. The fraction of sp³-hybridized carbons (Fsp3) is 0.316. The number of anilines is 1. The zero-order chi connectivity index (χ0) is 18.1. The first-order valence-corrected chi connectivity index (χ1v) is 9.03. The molecule has 2 heterocycles. The average molecular weight is 371 g/mol. The van der Waals surface area contributed by atoms with Crippen molar-refractivity contribution in [1.29, 1.82) is 0 Å². The molecule has 1 fully saturated rings. The van der Waals surface area contributed by atoms with Crippen molar-refractivity contribution in [3.05, 3.63) is 53.0 Å². The first-order chi connectivity index (χ1) is 12.6. The minimum absolute atomic E-state index is 0.147. The summed E-state index contributed by atoms with van der Waals surface area (Å²) in [4.78, 5) is 12.5. The van der Waals surface area contributed by atoms with Crippen LogP contribution < -0.4 is 5.32 Å². The molecule has 1 aromatic carbocycles. The summed E-state index contributed by atoms with van der Waals surface area (Å²) in [6, 6.07) is 9.17. The number of amides is 1. The lowest BCUT2D eigenvalue weighted by molar-refractivity contribution is -0.116. The predicted molar refractivity (Wildman–Crippen MR) is 99.1 cm³/mol. The van der Waals surface area contributed by atoms with E-state index in [4.69, 9.17) is 16.0 Å². The van der Waals surface area contributed by atoms with Gasteiger partial charge in [-0.1, -0.05) is 24.1 Å². The van der Waals surface area contributed by atoms with Gasteiger partial charge in [0.15, 0.2) is 0 Å². The second-order valence-electron chi connectivity index (χ2n) is 6.56. The van der Waals surface area contributed by atoms with Gasteiger partial charge in [-0.2, -0.15) is 0 Å². The van der Waals surface area contributed by atoms with Crippen LogP contribution in [0.4, 0.5) is 5.69 Å². The molecule has 1 saturated carbocycles. The van der Waals surface area contributed by atoms with Crippen LogP contribution in [0, 0.1) is 6.92 Å². The summed E-state index contributed by atoms with van der Waals surface area (Å²) in [6.45, 7) is 2.02. The van der Waals surface area contributed by atoms with E-state index in [1.165, 1.54) is 6.42 Å². The van der Waals surface area contributed by atoms with E-state index >= 15 is 0 Å². The number of hydrogen-bond acceptors (Lipinski definition) is 4. The van der Waals surface area contributed by atoms with Crippen LogP contribution in [0.25, 0.3) is 11.6 Å². The second-order valence-corrected chi connectivity index (χ2v) is 6.96. The summed E-state index contributed by atoms with van der Waals surface area (Å²) in [5.41, 5.74) is 2.29. The van der Waals surface area contributed by atoms with Crippen LogP contribution in [-0.2, 0) is 11.3 Å². The Morgan fingerprint density at radius 2 is 2.15 bits per heavy atom. The van der Waals surface area contributed by atoms with Gasteiger partial charge >= 0.3 is 0 Å². The molecule has 0 spiro atoms. The zero-order valence-corrected chi connectivity index (χ0v) is 15.2. The summed E-state index contributed by atoms with van der Waals surface area (Å²) >= 11 is 6.11. The monoisotopic (exact) mass is 370 g/mol. The number of rotatable bonds is 5. The Morgan fingerprint density at radius 3 is 2.92 bits per heavy atom. The van der Waals surface area contributed by atoms with Crippen molar-refractivity contribution in [1.82, 2.24) is 14.8 Å². The van der Waals surface area contributed by atoms with E-state index in [0.717, 1.165) is 24.1 Å². The van der Waals surface area contributed by atoms with Gasteiger partial charge in [-0.05, 0) is 49.6 Å². The summed E-state index contributed by atoms with van der Waals surface area (Å²) < 4.78 is 7.61. The third-order valence-electron chi connectivity index (χ3n) is 4.80. The van der Waals surface area contributed by atoms with Gasteiger partial charge in [-0.25, -0.2) is 0 Å². The largest absolute Gasteiger partial charge is 0.419 e. The Balaban J connectivity index is 1.49. The molecule has 0 unspecified atom stereocenters. The van der Waals surface area contributed by atoms with Crippen LogP contribution in [0.15, 0.2) is 40.9 Å². The van der Waals surface area contributed by atoms with Crippen molar-refractivity contribution in [2.24, 2.45) is 0 Å². The fourth-order valence-corrected chi connectivity index (χ4v) is 3.17. The summed E-state index contributed by atoms with van der Waals surface area (Å²) in [7, 11) is 0. The topological polar surface area (TPSA) is 73.0 Å². The van der Waals surface area contributed by atoms with E-state index in [0.29, 0.717) is 28.4 Å². The Bertz CT molecular complexity index is 943. The molecule has 134 valence electrons. The van der Waals surface area contributed by atoms with Gasteiger partial charge in [0.1, 0.15) is 12.2 Å². The van der Waals surface area contributed by atoms with Gasteiger partial charge in [0.05, 0.1) is 0 Å². The number of carbonyl (C=O) groups excluding carboxylic acids is 1. The van der Waals surface area contributed by atoms with E-state index in [-0.39, 0.29) is 12.5 Å². The van der Waals surface area contributed by atoms with E-state index in [2.05, 4.69) is 15.5 Å². The number of benzene rings is 1. The molecule has 0 saturated heterocycles. The summed E-state index contributed by atoms with van der Waals surface area (Å²) in [5.74, 6) is 1.38. The molecule has 0 bridgehead atoms. The van der Waals surface area contributed by atoms with Gasteiger partial charge in [-0.15, -0.1) is 10.2 Å². The molecule has 2 aromatic heterocycles. The van der Waals surface area contributed by atoms with Gasteiger partial charge in [-0.3, -0.25) is 4.79 Å². The van der Waals surface area contributed by atoms with Crippen molar-refractivity contribution in [2.45, 2.75) is 38.6 Å². The maximum Gasteiger partial charge on any atom is 0.264 e. The Labute approximate surface area is 156 Å². The molecule has 3 aromatic rings. The molecular weight excluding hydrogens is 352 g/mol. The van der Waals surface area contributed by atoms with E-state index in [1.807, 2.05) is 37.4 Å². The minimum atomic E-state index is -0.147. The van der Waals surface area contributed by atoms with Gasteiger partial charge in [0.25, 0.3) is 5.89 Å². The molecule has 0 atom stereocenters. The lowest BCUT2D eigenvalue weighted by Crippen LogP contribution is -2.19. The van der Waals surface area contributed by atoms with E-state index in [9.17, 15) is 4.79 Å². The maximum absolute atomic E-state index is 12.5. The normalized spacial score (nSPS) is 14.2.